The number of fused-ring (bicyclic) bond motifs is 3. The molecule has 0 radical (unpaired) electrons. The van der Waals surface area contributed by atoms with Crippen LogP contribution in [0, 0.1) is 6.92 Å². The molecule has 21 heavy (non-hydrogen) atoms. The first-order valence-corrected chi connectivity index (χ1v) is 6.94. The van der Waals surface area contributed by atoms with Crippen molar-refractivity contribution in [2.24, 2.45) is 0 Å². The molecule has 0 saturated heterocycles. The van der Waals surface area contributed by atoms with E-state index in [0.717, 1.165) is 27.9 Å². The molecule has 3 heteroatoms. The van der Waals surface area contributed by atoms with Crippen molar-refractivity contribution in [2.45, 2.75) is 6.92 Å². The maximum atomic E-state index is 12.3. The maximum Gasteiger partial charge on any atom is 0.271 e. The highest BCUT2D eigenvalue weighted by molar-refractivity contribution is 5.82. The molecule has 102 valence electrons. The molecule has 0 unspecified atom stereocenters. The summed E-state index contributed by atoms with van der Waals surface area (Å²) >= 11 is 0. The van der Waals surface area contributed by atoms with Gasteiger partial charge in [0.05, 0.1) is 11.2 Å². The van der Waals surface area contributed by atoms with Gasteiger partial charge in [0.2, 0.25) is 0 Å². The van der Waals surface area contributed by atoms with Crippen LogP contribution in [-0.2, 0) is 0 Å². The van der Waals surface area contributed by atoms with Gasteiger partial charge in [0.25, 0.3) is 5.56 Å². The van der Waals surface area contributed by atoms with Crippen molar-refractivity contribution >= 4 is 10.9 Å². The molecule has 0 spiro atoms. The Morgan fingerprint density at radius 1 is 0.810 bits per heavy atom. The number of rotatable bonds is 1. The Balaban J connectivity index is 2.27. The van der Waals surface area contributed by atoms with Gasteiger partial charge in [0.15, 0.2) is 0 Å². The fraction of sp³-hybridized carbons (Fsp3) is 0.0556. The summed E-state index contributed by atoms with van der Waals surface area (Å²) in [6, 6.07) is 21.9. The molecule has 0 fully saturated rings. The Kier molecular flexibility index (Phi) is 2.48. The fourth-order valence-electron chi connectivity index (χ4n) is 2.91. The molecule has 4 rings (SSSR count). The van der Waals surface area contributed by atoms with Gasteiger partial charge in [0, 0.05) is 22.7 Å². The van der Waals surface area contributed by atoms with E-state index < -0.39 is 0 Å². The smallest absolute Gasteiger partial charge is 0.267 e. The highest BCUT2D eigenvalue weighted by atomic mass is 16.1. The second-order valence-corrected chi connectivity index (χ2v) is 5.20. The Labute approximate surface area is 121 Å². The summed E-state index contributed by atoms with van der Waals surface area (Å²) < 4.78 is 3.73. The predicted octanol–water partition coefficient (Wildman–Crippen LogP) is 3.53. The van der Waals surface area contributed by atoms with E-state index in [1.807, 2.05) is 53.9 Å². The van der Waals surface area contributed by atoms with Gasteiger partial charge in [-0.2, -0.15) is 0 Å². The van der Waals surface area contributed by atoms with Crippen LogP contribution >= 0.6 is 0 Å². The zero-order valence-corrected chi connectivity index (χ0v) is 11.7. The summed E-state index contributed by atoms with van der Waals surface area (Å²) in [6.45, 7) is 1.96. The van der Waals surface area contributed by atoms with Crippen LogP contribution in [0.2, 0.25) is 0 Å². The molecule has 0 atom stereocenters. The summed E-state index contributed by atoms with van der Waals surface area (Å²) in [5.74, 6) is 0. The van der Waals surface area contributed by atoms with Crippen molar-refractivity contribution in [3.05, 3.63) is 82.8 Å². The molecule has 0 aliphatic rings. The number of benzene rings is 2. The van der Waals surface area contributed by atoms with Crippen LogP contribution in [0.1, 0.15) is 5.69 Å². The third-order valence-electron chi connectivity index (χ3n) is 3.83. The van der Waals surface area contributed by atoms with Gasteiger partial charge in [-0.25, -0.2) is 9.03 Å². The molecule has 0 saturated carbocycles. The first-order valence-electron chi connectivity index (χ1n) is 6.94. The third kappa shape index (κ3) is 1.71. The van der Waals surface area contributed by atoms with E-state index in [9.17, 15) is 4.79 Å². The van der Waals surface area contributed by atoms with Gasteiger partial charge >= 0.3 is 0 Å². The van der Waals surface area contributed by atoms with Crippen molar-refractivity contribution in [3.63, 3.8) is 0 Å². The van der Waals surface area contributed by atoms with Crippen molar-refractivity contribution in [2.75, 3.05) is 0 Å². The molecular formula is C18H14N2O. The highest BCUT2D eigenvalue weighted by Crippen LogP contribution is 2.24. The zero-order chi connectivity index (χ0) is 14.4. The van der Waals surface area contributed by atoms with Crippen LogP contribution in [0.15, 0.2) is 71.5 Å². The summed E-state index contributed by atoms with van der Waals surface area (Å²) in [5.41, 5.74) is 3.98. The molecule has 2 aromatic carbocycles. The van der Waals surface area contributed by atoms with Crippen molar-refractivity contribution < 1.29 is 0 Å². The normalized spacial score (nSPS) is 11.3. The van der Waals surface area contributed by atoms with Gasteiger partial charge in [-0.05, 0) is 19.1 Å². The summed E-state index contributed by atoms with van der Waals surface area (Å²) in [4.78, 5) is 12.3. The number of aromatic nitrogens is 2. The molecule has 2 aromatic heterocycles. The lowest BCUT2D eigenvalue weighted by Crippen LogP contribution is -2.13. The van der Waals surface area contributed by atoms with Crippen molar-refractivity contribution in [1.29, 1.82) is 0 Å². The Bertz CT molecular complexity index is 1010. The van der Waals surface area contributed by atoms with E-state index in [1.165, 1.54) is 0 Å². The third-order valence-corrected chi connectivity index (χ3v) is 3.83. The number of aryl methyl sites for hydroxylation is 1. The largest absolute Gasteiger partial charge is 0.271 e. The minimum atomic E-state index is 0.00137. The predicted molar refractivity (Wildman–Crippen MR) is 84.8 cm³/mol. The van der Waals surface area contributed by atoms with E-state index >= 15 is 0 Å². The second-order valence-electron chi connectivity index (χ2n) is 5.20. The molecule has 0 bridgehead atoms. The number of para-hydroxylation sites is 1. The lowest BCUT2D eigenvalue weighted by molar-refractivity contribution is 0.812. The minimum absolute atomic E-state index is 0.00137. The van der Waals surface area contributed by atoms with Crippen LogP contribution in [0.3, 0.4) is 0 Å². The molecule has 0 N–H and O–H groups in total. The Morgan fingerprint density at radius 2 is 1.52 bits per heavy atom. The van der Waals surface area contributed by atoms with Crippen molar-refractivity contribution in [3.8, 4) is 11.3 Å². The van der Waals surface area contributed by atoms with E-state index in [4.69, 9.17) is 0 Å². The quantitative estimate of drug-likeness (QED) is 0.521. The zero-order valence-electron chi connectivity index (χ0n) is 11.7. The first kappa shape index (κ1) is 12.0. The molecule has 0 aliphatic heterocycles. The number of hydrogen-bond donors (Lipinski definition) is 0. The Hall–Kier alpha value is -2.81. The summed E-state index contributed by atoms with van der Waals surface area (Å²) in [5, 5.41) is 1.06. The SMILES string of the molecule is Cc1cc(=O)n2c3ccccc3cc(-c3ccccc3)n12. The highest BCUT2D eigenvalue weighted by Gasteiger charge is 2.11. The van der Waals surface area contributed by atoms with Gasteiger partial charge in [-0.1, -0.05) is 48.5 Å². The molecule has 2 heterocycles. The molecular weight excluding hydrogens is 260 g/mol. The lowest BCUT2D eigenvalue weighted by Gasteiger charge is -2.12. The second kappa shape index (κ2) is 4.35. The minimum Gasteiger partial charge on any atom is -0.267 e. The average molecular weight is 274 g/mol. The van der Waals surface area contributed by atoms with E-state index in [-0.39, 0.29) is 5.56 Å². The van der Waals surface area contributed by atoms with Crippen LogP contribution in [-0.4, -0.2) is 9.03 Å². The first-order chi connectivity index (χ1) is 10.3. The molecule has 0 aliphatic carbocycles. The van der Waals surface area contributed by atoms with Crippen LogP contribution < -0.4 is 5.56 Å². The fourth-order valence-corrected chi connectivity index (χ4v) is 2.91. The summed E-state index contributed by atoms with van der Waals surface area (Å²) in [7, 11) is 0. The molecule has 0 amide bonds. The average Bonchev–Trinajstić information content (AvgIpc) is 2.83. The monoisotopic (exact) mass is 274 g/mol. The maximum absolute atomic E-state index is 12.3. The van der Waals surface area contributed by atoms with Crippen LogP contribution in [0.5, 0.6) is 0 Å². The van der Waals surface area contributed by atoms with E-state index in [0.29, 0.717) is 0 Å². The van der Waals surface area contributed by atoms with Gasteiger partial charge in [-0.15, -0.1) is 0 Å². The van der Waals surface area contributed by atoms with Gasteiger partial charge in [-0.3, -0.25) is 4.79 Å². The summed E-state index contributed by atoms with van der Waals surface area (Å²) in [6.07, 6.45) is 0. The number of nitrogens with zero attached hydrogens (tertiary/aromatic N) is 2. The molecule has 3 nitrogen and oxygen atoms in total. The van der Waals surface area contributed by atoms with Crippen molar-refractivity contribution in [1.82, 2.24) is 9.03 Å². The van der Waals surface area contributed by atoms with Gasteiger partial charge in [0.1, 0.15) is 0 Å². The molecule has 4 aromatic rings. The standard InChI is InChI=1S/C18H14N2O/c1-13-11-18(21)20-16-10-6-5-9-15(16)12-17(19(13)20)14-7-3-2-4-8-14/h2-12H,1H3. The number of hydrogen-bond acceptors (Lipinski definition) is 1. The van der Waals surface area contributed by atoms with Gasteiger partial charge < -0.3 is 0 Å². The van der Waals surface area contributed by atoms with Crippen LogP contribution in [0.25, 0.3) is 22.2 Å². The van der Waals surface area contributed by atoms with E-state index in [2.05, 4.69) is 18.2 Å². The topological polar surface area (TPSA) is 25.9 Å². The Morgan fingerprint density at radius 3 is 2.33 bits per heavy atom. The van der Waals surface area contributed by atoms with Crippen LogP contribution in [0.4, 0.5) is 0 Å². The van der Waals surface area contributed by atoms with E-state index in [1.54, 1.807) is 10.6 Å². The lowest BCUT2D eigenvalue weighted by atomic mass is 10.1.